The Balaban J connectivity index is 0.00000264. The molecule has 3 amide bonds. The molecule has 6 nitrogen and oxygen atoms in total. The van der Waals surface area contributed by atoms with E-state index < -0.39 is 6.03 Å². The lowest BCUT2D eigenvalue weighted by Gasteiger charge is -2.32. The molecule has 23 heavy (non-hydrogen) atoms. The molecule has 1 aliphatic heterocycles. The summed E-state index contributed by atoms with van der Waals surface area (Å²) < 4.78 is 0. The Morgan fingerprint density at radius 2 is 1.83 bits per heavy atom. The van der Waals surface area contributed by atoms with Crippen LogP contribution in [0.15, 0.2) is 24.3 Å². The first-order chi connectivity index (χ1) is 10.6. The quantitative estimate of drug-likeness (QED) is 0.766. The monoisotopic (exact) mass is 340 g/mol. The second kappa shape index (κ2) is 9.37. The van der Waals surface area contributed by atoms with Crippen molar-refractivity contribution in [2.24, 2.45) is 11.7 Å². The summed E-state index contributed by atoms with van der Waals surface area (Å²) in [5.41, 5.74) is 6.29. The van der Waals surface area contributed by atoms with Gasteiger partial charge in [-0.25, -0.2) is 4.79 Å². The van der Waals surface area contributed by atoms with Crippen LogP contribution in [-0.2, 0) is 0 Å². The number of urea groups is 1. The number of halogens is 1. The van der Waals surface area contributed by atoms with Gasteiger partial charge in [0.05, 0.1) is 0 Å². The maximum atomic E-state index is 12.5. The van der Waals surface area contributed by atoms with E-state index in [1.165, 1.54) is 6.42 Å². The molecule has 2 rings (SSSR count). The van der Waals surface area contributed by atoms with Crippen molar-refractivity contribution in [2.75, 3.05) is 32.0 Å². The van der Waals surface area contributed by atoms with Gasteiger partial charge in [0.2, 0.25) is 0 Å². The number of amides is 3. The summed E-state index contributed by atoms with van der Waals surface area (Å²) in [6.45, 7) is 2.66. The topological polar surface area (TPSA) is 87.5 Å². The second-order valence-electron chi connectivity index (χ2n) is 5.69. The molecule has 7 heteroatoms. The van der Waals surface area contributed by atoms with Crippen molar-refractivity contribution < 1.29 is 9.59 Å². The fourth-order valence-corrected chi connectivity index (χ4v) is 2.79. The van der Waals surface area contributed by atoms with Crippen LogP contribution >= 0.6 is 12.4 Å². The number of carbonyl (C=O) groups is 2. The van der Waals surface area contributed by atoms with Crippen LogP contribution < -0.4 is 16.4 Å². The molecule has 1 fully saturated rings. The van der Waals surface area contributed by atoms with Gasteiger partial charge in [0.15, 0.2) is 0 Å². The summed E-state index contributed by atoms with van der Waals surface area (Å²) in [5.74, 6) is 0.760. The van der Waals surface area contributed by atoms with Gasteiger partial charge in [-0.2, -0.15) is 0 Å². The van der Waals surface area contributed by atoms with E-state index in [4.69, 9.17) is 5.73 Å². The van der Waals surface area contributed by atoms with E-state index in [-0.39, 0.29) is 18.3 Å². The van der Waals surface area contributed by atoms with Crippen molar-refractivity contribution in [1.29, 1.82) is 0 Å². The number of benzene rings is 1. The van der Waals surface area contributed by atoms with Crippen molar-refractivity contribution in [1.82, 2.24) is 10.2 Å². The highest BCUT2D eigenvalue weighted by Gasteiger charge is 2.23. The summed E-state index contributed by atoms with van der Waals surface area (Å²) in [6.07, 6.45) is 3.30. The van der Waals surface area contributed by atoms with Crippen molar-refractivity contribution in [2.45, 2.75) is 19.3 Å². The largest absolute Gasteiger partial charge is 0.351 e. The third kappa shape index (κ3) is 5.73. The molecular weight excluding hydrogens is 316 g/mol. The van der Waals surface area contributed by atoms with Crippen molar-refractivity contribution in [3.63, 3.8) is 0 Å². The Bertz CT molecular complexity index is 513. The molecule has 0 bridgehead atoms. The van der Waals surface area contributed by atoms with Gasteiger partial charge in [0.25, 0.3) is 5.91 Å². The van der Waals surface area contributed by atoms with E-state index in [0.29, 0.717) is 17.2 Å². The first-order valence-corrected chi connectivity index (χ1v) is 7.70. The fourth-order valence-electron chi connectivity index (χ4n) is 2.79. The van der Waals surface area contributed by atoms with Crippen LogP contribution in [-0.4, -0.2) is 43.5 Å². The van der Waals surface area contributed by atoms with Crippen molar-refractivity contribution in [3.05, 3.63) is 29.8 Å². The minimum absolute atomic E-state index is 0. The van der Waals surface area contributed by atoms with Crippen LogP contribution in [0.4, 0.5) is 10.5 Å². The first kappa shape index (κ1) is 19.3. The van der Waals surface area contributed by atoms with Gasteiger partial charge in [-0.1, -0.05) is 0 Å². The highest BCUT2D eigenvalue weighted by Crippen LogP contribution is 2.22. The minimum atomic E-state index is -0.609. The zero-order chi connectivity index (χ0) is 15.9. The third-order valence-corrected chi connectivity index (χ3v) is 4.10. The number of nitrogens with one attached hydrogen (secondary N) is 2. The molecule has 4 N–H and O–H groups in total. The van der Waals surface area contributed by atoms with Gasteiger partial charge in [0, 0.05) is 24.3 Å². The van der Waals surface area contributed by atoms with Crippen LogP contribution in [0.2, 0.25) is 0 Å². The standard InChI is InChI=1S/C16H24N4O2.ClH/c1-18-9-6-12-7-10-20(11-8-12)15(21)13-2-4-14(5-3-13)19-16(17)22;/h2-5,12,18H,6-11H2,1H3,(H3,17,19,22);1H. The van der Waals surface area contributed by atoms with Gasteiger partial charge < -0.3 is 21.3 Å². The highest BCUT2D eigenvalue weighted by molar-refractivity contribution is 5.95. The number of hydrogen-bond acceptors (Lipinski definition) is 3. The molecule has 128 valence electrons. The van der Waals surface area contributed by atoms with Crippen LogP contribution in [0.25, 0.3) is 0 Å². The summed E-state index contributed by atoms with van der Waals surface area (Å²) in [6, 6.07) is 6.22. The molecule has 0 radical (unpaired) electrons. The summed E-state index contributed by atoms with van der Waals surface area (Å²) >= 11 is 0. The molecule has 1 aliphatic rings. The van der Waals surface area contributed by atoms with Crippen molar-refractivity contribution in [3.8, 4) is 0 Å². The molecule has 1 aromatic carbocycles. The lowest BCUT2D eigenvalue weighted by atomic mass is 9.93. The van der Waals surface area contributed by atoms with Crippen LogP contribution in [0.5, 0.6) is 0 Å². The molecule has 0 aliphatic carbocycles. The lowest BCUT2D eigenvalue weighted by molar-refractivity contribution is 0.0687. The Hall–Kier alpha value is -1.79. The Morgan fingerprint density at radius 1 is 1.22 bits per heavy atom. The molecule has 1 saturated heterocycles. The number of rotatable bonds is 5. The normalized spacial score (nSPS) is 14.9. The number of likely N-dealkylation sites (tertiary alicyclic amines) is 1. The predicted octanol–water partition coefficient (Wildman–Crippen LogP) is 2.06. The molecule has 0 unspecified atom stereocenters. The smallest absolute Gasteiger partial charge is 0.316 e. The number of carbonyl (C=O) groups excluding carboxylic acids is 2. The number of piperidine rings is 1. The van der Waals surface area contributed by atoms with Gasteiger partial charge in [-0.05, 0) is 63.0 Å². The lowest BCUT2D eigenvalue weighted by Crippen LogP contribution is -2.38. The molecular formula is C16H25ClN4O2. The summed E-state index contributed by atoms with van der Waals surface area (Å²) in [4.78, 5) is 25.1. The maximum absolute atomic E-state index is 12.5. The average molecular weight is 341 g/mol. The summed E-state index contributed by atoms with van der Waals surface area (Å²) in [5, 5.41) is 5.66. The Kier molecular flexibility index (Phi) is 7.85. The van der Waals surface area contributed by atoms with Gasteiger partial charge in [-0.15, -0.1) is 12.4 Å². The first-order valence-electron chi connectivity index (χ1n) is 7.70. The molecule has 0 atom stereocenters. The van der Waals surface area contributed by atoms with E-state index in [1.807, 2.05) is 11.9 Å². The predicted molar refractivity (Wildman–Crippen MR) is 94.1 cm³/mol. The molecule has 0 aromatic heterocycles. The zero-order valence-electron chi connectivity index (χ0n) is 13.4. The minimum Gasteiger partial charge on any atom is -0.351 e. The van der Waals surface area contributed by atoms with Gasteiger partial charge in [-0.3, -0.25) is 4.79 Å². The molecule has 1 heterocycles. The van der Waals surface area contributed by atoms with E-state index in [2.05, 4.69) is 10.6 Å². The fraction of sp³-hybridized carbons (Fsp3) is 0.500. The summed E-state index contributed by atoms with van der Waals surface area (Å²) in [7, 11) is 1.97. The molecule has 1 aromatic rings. The van der Waals surface area contributed by atoms with E-state index in [9.17, 15) is 9.59 Å². The van der Waals surface area contributed by atoms with Gasteiger partial charge in [0.1, 0.15) is 0 Å². The Morgan fingerprint density at radius 3 is 2.35 bits per heavy atom. The number of primary amides is 1. The number of hydrogen-bond donors (Lipinski definition) is 3. The van der Waals surface area contributed by atoms with Gasteiger partial charge >= 0.3 is 6.03 Å². The molecule has 0 saturated carbocycles. The van der Waals surface area contributed by atoms with E-state index in [1.54, 1.807) is 24.3 Å². The maximum Gasteiger partial charge on any atom is 0.316 e. The van der Waals surface area contributed by atoms with Crippen molar-refractivity contribution >= 4 is 30.0 Å². The van der Waals surface area contributed by atoms with Crippen LogP contribution in [0.1, 0.15) is 29.6 Å². The molecule has 0 spiro atoms. The van der Waals surface area contributed by atoms with Crippen LogP contribution in [0, 0.1) is 5.92 Å². The van der Waals surface area contributed by atoms with Crippen LogP contribution in [0.3, 0.4) is 0 Å². The number of anilines is 1. The SMILES string of the molecule is CNCCC1CCN(C(=O)c2ccc(NC(N)=O)cc2)CC1.Cl. The number of nitrogens with two attached hydrogens (primary N) is 1. The Labute approximate surface area is 143 Å². The van der Waals surface area contributed by atoms with E-state index in [0.717, 1.165) is 32.5 Å². The third-order valence-electron chi connectivity index (χ3n) is 4.10. The highest BCUT2D eigenvalue weighted by atomic mass is 35.5. The second-order valence-corrected chi connectivity index (χ2v) is 5.69. The van der Waals surface area contributed by atoms with E-state index >= 15 is 0 Å². The zero-order valence-corrected chi connectivity index (χ0v) is 14.2. The number of nitrogens with zero attached hydrogens (tertiary/aromatic N) is 1. The average Bonchev–Trinajstić information content (AvgIpc) is 2.53.